The maximum atomic E-state index is 12.8. The first-order chi connectivity index (χ1) is 7.72. The third-order valence-electron chi connectivity index (χ3n) is 2.55. The molecule has 0 bridgehead atoms. The Kier molecular flexibility index (Phi) is 3.62. The molecule has 0 amide bonds. The fourth-order valence-corrected chi connectivity index (χ4v) is 3.08. The first-order valence-electron chi connectivity index (χ1n) is 5.18. The van der Waals surface area contributed by atoms with Crippen molar-refractivity contribution >= 4 is 22.9 Å². The first-order valence-corrected chi connectivity index (χ1v) is 6.49. The van der Waals surface area contributed by atoms with Crippen molar-refractivity contribution in [1.29, 1.82) is 0 Å². The van der Waals surface area contributed by atoms with Gasteiger partial charge in [-0.1, -0.05) is 19.1 Å². The van der Waals surface area contributed by atoms with Gasteiger partial charge in [0.25, 0.3) is 0 Å². The number of thiophene rings is 1. The van der Waals surface area contributed by atoms with Gasteiger partial charge in [-0.05, 0) is 41.1 Å². The van der Waals surface area contributed by atoms with Crippen LogP contribution < -0.4 is 0 Å². The van der Waals surface area contributed by atoms with Crippen LogP contribution in [-0.2, 0) is 6.42 Å². The molecule has 3 heteroatoms. The molecule has 0 saturated carbocycles. The summed E-state index contributed by atoms with van der Waals surface area (Å²) in [7, 11) is 0. The zero-order valence-corrected chi connectivity index (χ0v) is 10.5. The van der Waals surface area contributed by atoms with Crippen LogP contribution in [0.3, 0.4) is 0 Å². The summed E-state index contributed by atoms with van der Waals surface area (Å²) in [5.41, 5.74) is 2.22. The molecule has 0 aliphatic rings. The normalized spacial score (nSPS) is 12.7. The van der Waals surface area contributed by atoms with Gasteiger partial charge in [-0.3, -0.25) is 0 Å². The van der Waals surface area contributed by atoms with E-state index < -0.39 is 0 Å². The Morgan fingerprint density at radius 2 is 1.94 bits per heavy atom. The van der Waals surface area contributed by atoms with Crippen LogP contribution >= 0.6 is 22.9 Å². The summed E-state index contributed by atoms with van der Waals surface area (Å²) in [5.74, 6) is -0.227. The number of hydrogen-bond acceptors (Lipinski definition) is 1. The molecule has 2 aromatic rings. The van der Waals surface area contributed by atoms with E-state index in [9.17, 15) is 4.39 Å². The summed E-state index contributed by atoms with van der Waals surface area (Å²) in [6, 6.07) is 8.48. The number of hydrogen-bond donors (Lipinski definition) is 0. The van der Waals surface area contributed by atoms with E-state index in [1.54, 1.807) is 23.5 Å². The summed E-state index contributed by atoms with van der Waals surface area (Å²) < 4.78 is 12.8. The largest absolute Gasteiger partial charge is 0.207 e. The lowest BCUT2D eigenvalue weighted by Gasteiger charge is -2.10. The second kappa shape index (κ2) is 4.98. The van der Waals surface area contributed by atoms with Gasteiger partial charge in [-0.2, -0.15) is 0 Å². The molecule has 1 aromatic carbocycles. The van der Waals surface area contributed by atoms with Crippen LogP contribution in [0.2, 0.25) is 0 Å². The van der Waals surface area contributed by atoms with Crippen molar-refractivity contribution < 1.29 is 4.39 Å². The molecular formula is C13H12ClFS. The molecule has 0 fully saturated rings. The minimum atomic E-state index is -0.227. The van der Waals surface area contributed by atoms with Gasteiger partial charge < -0.3 is 0 Å². The van der Waals surface area contributed by atoms with Gasteiger partial charge in [0.2, 0.25) is 0 Å². The number of benzene rings is 1. The lowest BCUT2D eigenvalue weighted by atomic mass is 10.1. The lowest BCUT2D eigenvalue weighted by molar-refractivity contribution is 0.627. The minimum absolute atomic E-state index is 0.171. The fraction of sp³-hybridized carbons (Fsp3) is 0.231. The average Bonchev–Trinajstić information content (AvgIpc) is 2.77. The summed E-state index contributed by atoms with van der Waals surface area (Å²) >= 11 is 8.05. The zero-order valence-electron chi connectivity index (χ0n) is 8.91. The second-order valence-electron chi connectivity index (χ2n) is 3.58. The Labute approximate surface area is 104 Å². The van der Waals surface area contributed by atoms with Crippen molar-refractivity contribution in [3.63, 3.8) is 0 Å². The minimum Gasteiger partial charge on any atom is -0.207 e. The summed E-state index contributed by atoms with van der Waals surface area (Å²) in [6.07, 6.45) is 0.975. The molecule has 0 radical (unpaired) electrons. The molecular weight excluding hydrogens is 243 g/mol. The lowest BCUT2D eigenvalue weighted by Crippen LogP contribution is -1.94. The number of rotatable bonds is 3. The van der Waals surface area contributed by atoms with Crippen LogP contribution in [0.25, 0.3) is 0 Å². The molecule has 84 valence electrons. The van der Waals surface area contributed by atoms with Crippen molar-refractivity contribution in [2.45, 2.75) is 18.7 Å². The van der Waals surface area contributed by atoms with Crippen LogP contribution in [0, 0.1) is 5.82 Å². The van der Waals surface area contributed by atoms with Crippen molar-refractivity contribution in [2.24, 2.45) is 0 Å². The van der Waals surface area contributed by atoms with Gasteiger partial charge in [0.15, 0.2) is 0 Å². The van der Waals surface area contributed by atoms with Crippen LogP contribution in [0.4, 0.5) is 4.39 Å². The van der Waals surface area contributed by atoms with Gasteiger partial charge in [-0.25, -0.2) is 4.39 Å². The standard InChI is InChI=1S/C13H12ClFS/c1-2-9-7-8-16-13(9)12(14)10-3-5-11(15)6-4-10/h3-8,12H,2H2,1H3. The number of halogens is 2. The van der Waals surface area contributed by atoms with Crippen LogP contribution in [0.5, 0.6) is 0 Å². The SMILES string of the molecule is CCc1ccsc1C(Cl)c1ccc(F)cc1. The van der Waals surface area contributed by atoms with Gasteiger partial charge in [0.05, 0.1) is 5.38 Å². The smallest absolute Gasteiger partial charge is 0.123 e. The molecule has 1 atom stereocenters. The Bertz CT molecular complexity index is 461. The van der Waals surface area contributed by atoms with Gasteiger partial charge in [0.1, 0.15) is 5.82 Å². The van der Waals surface area contributed by atoms with E-state index >= 15 is 0 Å². The number of alkyl halides is 1. The maximum absolute atomic E-state index is 12.8. The predicted octanol–water partition coefficient (Wildman–Crippen LogP) is 4.78. The highest BCUT2D eigenvalue weighted by Gasteiger charge is 2.15. The molecule has 0 spiro atoms. The fourth-order valence-electron chi connectivity index (χ4n) is 1.64. The van der Waals surface area contributed by atoms with Crippen molar-refractivity contribution in [3.8, 4) is 0 Å². The quantitative estimate of drug-likeness (QED) is 0.692. The van der Waals surface area contributed by atoms with Crippen LogP contribution in [-0.4, -0.2) is 0 Å². The maximum Gasteiger partial charge on any atom is 0.123 e. The first kappa shape index (κ1) is 11.6. The molecule has 0 aliphatic heterocycles. The molecule has 0 N–H and O–H groups in total. The van der Waals surface area contributed by atoms with Gasteiger partial charge in [-0.15, -0.1) is 22.9 Å². The Hall–Kier alpha value is -0.860. The van der Waals surface area contributed by atoms with Crippen molar-refractivity contribution in [2.75, 3.05) is 0 Å². The topological polar surface area (TPSA) is 0 Å². The van der Waals surface area contributed by atoms with Crippen molar-refractivity contribution in [1.82, 2.24) is 0 Å². The van der Waals surface area contributed by atoms with E-state index in [4.69, 9.17) is 11.6 Å². The van der Waals surface area contributed by atoms with Gasteiger partial charge >= 0.3 is 0 Å². The van der Waals surface area contributed by atoms with Crippen LogP contribution in [0.1, 0.15) is 28.3 Å². The highest BCUT2D eigenvalue weighted by molar-refractivity contribution is 7.10. The third-order valence-corrected chi connectivity index (χ3v) is 4.18. The molecule has 16 heavy (non-hydrogen) atoms. The monoisotopic (exact) mass is 254 g/mol. The Morgan fingerprint density at radius 3 is 2.56 bits per heavy atom. The molecule has 1 aromatic heterocycles. The van der Waals surface area contributed by atoms with E-state index in [0.29, 0.717) is 0 Å². The molecule has 0 aliphatic carbocycles. The van der Waals surface area contributed by atoms with Crippen LogP contribution in [0.15, 0.2) is 35.7 Å². The van der Waals surface area contributed by atoms with Gasteiger partial charge in [0, 0.05) is 4.88 Å². The molecule has 1 heterocycles. The predicted molar refractivity (Wildman–Crippen MR) is 67.8 cm³/mol. The summed E-state index contributed by atoms with van der Waals surface area (Å²) in [5, 5.41) is 1.88. The van der Waals surface area contributed by atoms with Crippen molar-refractivity contribution in [3.05, 3.63) is 57.5 Å². The second-order valence-corrected chi connectivity index (χ2v) is 4.96. The van der Waals surface area contributed by atoms with E-state index in [1.165, 1.54) is 17.7 Å². The average molecular weight is 255 g/mol. The van der Waals surface area contributed by atoms with E-state index in [-0.39, 0.29) is 11.2 Å². The zero-order chi connectivity index (χ0) is 11.5. The van der Waals surface area contributed by atoms with E-state index in [2.05, 4.69) is 13.0 Å². The molecule has 2 rings (SSSR count). The third kappa shape index (κ3) is 2.28. The van der Waals surface area contributed by atoms with E-state index in [1.807, 2.05) is 5.38 Å². The van der Waals surface area contributed by atoms with E-state index in [0.717, 1.165) is 16.9 Å². The number of aryl methyl sites for hydroxylation is 1. The summed E-state index contributed by atoms with van der Waals surface area (Å²) in [4.78, 5) is 1.16. The highest BCUT2D eigenvalue weighted by atomic mass is 35.5. The molecule has 1 unspecified atom stereocenters. The highest BCUT2D eigenvalue weighted by Crippen LogP contribution is 2.35. The molecule has 0 nitrogen and oxygen atoms in total. The molecule has 0 saturated heterocycles. The summed E-state index contributed by atoms with van der Waals surface area (Å²) in [6.45, 7) is 2.11. The Morgan fingerprint density at radius 1 is 1.25 bits per heavy atom. The Balaban J connectivity index is 2.31.